The van der Waals surface area contributed by atoms with Gasteiger partial charge in [0.05, 0.1) is 6.54 Å². The molecule has 0 saturated carbocycles. The molecule has 5 heteroatoms. The molecule has 25 heavy (non-hydrogen) atoms. The monoisotopic (exact) mass is 397 g/mol. The molecule has 3 aromatic rings. The third kappa shape index (κ3) is 3.46. The molecule has 4 rings (SSSR count). The Labute approximate surface area is 153 Å². The predicted molar refractivity (Wildman–Crippen MR) is 98.3 cm³/mol. The normalized spacial score (nSPS) is 15.5. The zero-order valence-electron chi connectivity index (χ0n) is 13.4. The molecule has 1 atom stereocenters. The molecule has 0 saturated heterocycles. The Morgan fingerprint density at radius 3 is 2.68 bits per heavy atom. The number of fused-ring (bicyclic) bond motifs is 1. The molecule has 126 valence electrons. The van der Waals surface area contributed by atoms with E-state index in [4.69, 9.17) is 9.15 Å². The molecule has 0 aliphatic carbocycles. The lowest BCUT2D eigenvalue weighted by molar-refractivity contribution is -0.127. The Hall–Kier alpha value is -2.53. The summed E-state index contributed by atoms with van der Waals surface area (Å²) in [6.07, 6.45) is 0.128. The molecular formula is C20H16BrNO3. The molecule has 0 unspecified atom stereocenters. The van der Waals surface area contributed by atoms with Crippen molar-refractivity contribution in [1.82, 2.24) is 5.32 Å². The van der Waals surface area contributed by atoms with E-state index >= 15 is 0 Å². The maximum atomic E-state index is 12.3. The van der Waals surface area contributed by atoms with Crippen LogP contribution in [0.1, 0.15) is 11.3 Å². The molecule has 0 bridgehead atoms. The quantitative estimate of drug-likeness (QED) is 0.712. The fraction of sp³-hybridized carbons (Fsp3) is 0.150. The smallest absolute Gasteiger partial charge is 0.261 e. The van der Waals surface area contributed by atoms with Gasteiger partial charge in [-0.2, -0.15) is 0 Å². The van der Waals surface area contributed by atoms with Crippen LogP contribution >= 0.6 is 15.9 Å². The van der Waals surface area contributed by atoms with Crippen LogP contribution in [-0.4, -0.2) is 12.0 Å². The molecule has 2 aromatic carbocycles. The second kappa shape index (κ2) is 6.76. The molecule has 1 amide bonds. The highest BCUT2D eigenvalue weighted by Gasteiger charge is 2.28. The maximum absolute atomic E-state index is 12.3. The Kier molecular flexibility index (Phi) is 4.32. The summed E-state index contributed by atoms with van der Waals surface area (Å²) in [5.41, 5.74) is 2.06. The number of amides is 1. The van der Waals surface area contributed by atoms with Crippen molar-refractivity contribution in [2.75, 3.05) is 0 Å². The van der Waals surface area contributed by atoms with Crippen molar-refractivity contribution in [3.8, 4) is 17.1 Å². The van der Waals surface area contributed by atoms with Crippen molar-refractivity contribution in [1.29, 1.82) is 0 Å². The van der Waals surface area contributed by atoms with Gasteiger partial charge in [0.2, 0.25) is 0 Å². The van der Waals surface area contributed by atoms with Gasteiger partial charge in [-0.15, -0.1) is 0 Å². The first-order valence-corrected chi connectivity index (χ1v) is 8.85. The Morgan fingerprint density at radius 2 is 1.88 bits per heavy atom. The highest BCUT2D eigenvalue weighted by molar-refractivity contribution is 9.10. The van der Waals surface area contributed by atoms with E-state index < -0.39 is 6.10 Å². The van der Waals surface area contributed by atoms with Gasteiger partial charge in [-0.05, 0) is 35.9 Å². The highest BCUT2D eigenvalue weighted by Crippen LogP contribution is 2.28. The second-order valence-electron chi connectivity index (χ2n) is 5.91. The fourth-order valence-electron chi connectivity index (χ4n) is 2.86. The van der Waals surface area contributed by atoms with Crippen LogP contribution in [0.25, 0.3) is 11.3 Å². The van der Waals surface area contributed by atoms with Crippen molar-refractivity contribution < 1.29 is 13.9 Å². The van der Waals surface area contributed by atoms with Gasteiger partial charge in [0.15, 0.2) is 6.10 Å². The fourth-order valence-corrected chi connectivity index (χ4v) is 3.12. The molecule has 0 radical (unpaired) electrons. The SMILES string of the molecule is O=C(NCc1ccc(-c2ccc(Br)cc2)o1)[C@H]1Cc2ccccc2O1. The summed E-state index contributed by atoms with van der Waals surface area (Å²) in [7, 11) is 0. The number of carbonyl (C=O) groups is 1. The minimum absolute atomic E-state index is 0.127. The van der Waals surface area contributed by atoms with Crippen molar-refractivity contribution in [2.45, 2.75) is 19.1 Å². The highest BCUT2D eigenvalue weighted by atomic mass is 79.9. The van der Waals surface area contributed by atoms with Crippen LogP contribution in [-0.2, 0) is 17.8 Å². The number of halogens is 1. The Bertz CT molecular complexity index is 876. The zero-order valence-corrected chi connectivity index (χ0v) is 15.0. The minimum atomic E-state index is -0.474. The number of rotatable bonds is 4. The van der Waals surface area contributed by atoms with Gasteiger partial charge in [-0.1, -0.05) is 46.3 Å². The molecule has 1 aliphatic rings. The van der Waals surface area contributed by atoms with Gasteiger partial charge in [-0.25, -0.2) is 0 Å². The number of para-hydroxylation sites is 1. The first kappa shape index (κ1) is 16.0. The molecule has 4 nitrogen and oxygen atoms in total. The third-order valence-corrected chi connectivity index (χ3v) is 4.70. The number of furan rings is 1. The molecule has 2 heterocycles. The molecule has 0 spiro atoms. The molecule has 1 aliphatic heterocycles. The number of benzene rings is 2. The summed E-state index contributed by atoms with van der Waals surface area (Å²) < 4.78 is 12.5. The average Bonchev–Trinajstić information content (AvgIpc) is 3.27. The number of nitrogens with one attached hydrogen (secondary N) is 1. The topological polar surface area (TPSA) is 51.5 Å². The number of carbonyl (C=O) groups excluding carboxylic acids is 1. The van der Waals surface area contributed by atoms with E-state index in [0.717, 1.165) is 27.1 Å². The molecule has 1 aromatic heterocycles. The first-order valence-electron chi connectivity index (χ1n) is 8.06. The van der Waals surface area contributed by atoms with Gasteiger partial charge >= 0.3 is 0 Å². The van der Waals surface area contributed by atoms with Crippen LogP contribution in [0, 0.1) is 0 Å². The van der Waals surface area contributed by atoms with Crippen molar-refractivity contribution in [2.24, 2.45) is 0 Å². The standard InChI is InChI=1S/C20H16BrNO3/c21-15-7-5-13(6-8-15)18-10-9-16(24-18)12-22-20(23)19-11-14-3-1-2-4-17(14)25-19/h1-10,19H,11-12H2,(H,22,23)/t19-/m1/s1. The zero-order chi connectivity index (χ0) is 17.2. The Balaban J connectivity index is 1.36. The van der Waals surface area contributed by atoms with E-state index in [2.05, 4.69) is 21.2 Å². The number of hydrogen-bond acceptors (Lipinski definition) is 3. The summed E-state index contributed by atoms with van der Waals surface area (Å²) >= 11 is 3.42. The lowest BCUT2D eigenvalue weighted by atomic mass is 10.1. The van der Waals surface area contributed by atoms with E-state index in [0.29, 0.717) is 18.7 Å². The van der Waals surface area contributed by atoms with Crippen LogP contribution in [0.15, 0.2) is 69.6 Å². The van der Waals surface area contributed by atoms with Crippen molar-refractivity contribution in [3.05, 3.63) is 76.5 Å². The predicted octanol–water partition coefficient (Wildman–Crippen LogP) is 4.33. The Morgan fingerprint density at radius 1 is 1.08 bits per heavy atom. The molecule has 0 fully saturated rings. The van der Waals surface area contributed by atoms with E-state index in [9.17, 15) is 4.79 Å². The molecular weight excluding hydrogens is 382 g/mol. The van der Waals surface area contributed by atoms with Crippen LogP contribution in [0.5, 0.6) is 5.75 Å². The van der Waals surface area contributed by atoms with E-state index in [-0.39, 0.29) is 5.91 Å². The van der Waals surface area contributed by atoms with Crippen molar-refractivity contribution in [3.63, 3.8) is 0 Å². The number of hydrogen-bond donors (Lipinski definition) is 1. The van der Waals surface area contributed by atoms with Crippen molar-refractivity contribution >= 4 is 21.8 Å². The summed E-state index contributed by atoms with van der Waals surface area (Å²) in [6, 6.07) is 19.4. The summed E-state index contributed by atoms with van der Waals surface area (Å²) in [5.74, 6) is 2.15. The number of ether oxygens (including phenoxy) is 1. The summed E-state index contributed by atoms with van der Waals surface area (Å²) in [4.78, 5) is 12.3. The van der Waals surface area contributed by atoms with E-state index in [1.807, 2.05) is 60.7 Å². The molecule has 1 N–H and O–H groups in total. The first-order chi connectivity index (χ1) is 12.2. The van der Waals surface area contributed by atoms with E-state index in [1.54, 1.807) is 0 Å². The lowest BCUT2D eigenvalue weighted by Gasteiger charge is -2.10. The summed E-state index contributed by atoms with van der Waals surface area (Å²) in [6.45, 7) is 0.339. The van der Waals surface area contributed by atoms with Gasteiger partial charge < -0.3 is 14.5 Å². The average molecular weight is 398 g/mol. The van der Waals surface area contributed by atoms with Gasteiger partial charge in [0.1, 0.15) is 17.3 Å². The van der Waals surface area contributed by atoms with E-state index in [1.165, 1.54) is 0 Å². The van der Waals surface area contributed by atoms with Gasteiger partial charge in [-0.3, -0.25) is 4.79 Å². The van der Waals surface area contributed by atoms with Crippen LogP contribution < -0.4 is 10.1 Å². The van der Waals surface area contributed by atoms with Gasteiger partial charge in [0.25, 0.3) is 5.91 Å². The van der Waals surface area contributed by atoms with Gasteiger partial charge in [0, 0.05) is 16.5 Å². The minimum Gasteiger partial charge on any atom is -0.480 e. The third-order valence-electron chi connectivity index (χ3n) is 4.17. The lowest BCUT2D eigenvalue weighted by Crippen LogP contribution is -2.36. The maximum Gasteiger partial charge on any atom is 0.261 e. The second-order valence-corrected chi connectivity index (χ2v) is 6.82. The van der Waals surface area contributed by atoms with Crippen LogP contribution in [0.3, 0.4) is 0 Å². The largest absolute Gasteiger partial charge is 0.480 e. The van der Waals surface area contributed by atoms with Crippen LogP contribution in [0.4, 0.5) is 0 Å². The van der Waals surface area contributed by atoms with Crippen LogP contribution in [0.2, 0.25) is 0 Å². The summed E-state index contributed by atoms with van der Waals surface area (Å²) in [5, 5.41) is 2.88.